The van der Waals surface area contributed by atoms with Gasteiger partial charge < -0.3 is 20.7 Å². The van der Waals surface area contributed by atoms with Crippen LogP contribution in [-0.4, -0.2) is 22.7 Å². The van der Waals surface area contributed by atoms with E-state index in [1.807, 2.05) is 0 Å². The summed E-state index contributed by atoms with van der Waals surface area (Å²) in [7, 11) is 0. The van der Waals surface area contributed by atoms with Crippen molar-refractivity contribution in [2.24, 2.45) is 0 Å². The van der Waals surface area contributed by atoms with Crippen LogP contribution in [0.3, 0.4) is 0 Å². The first-order chi connectivity index (χ1) is 15.4. The smallest absolute Gasteiger partial charge is 0.315 e. The summed E-state index contributed by atoms with van der Waals surface area (Å²) in [5.74, 6) is -1.74. The number of fused-ring (bicyclic) bond motifs is 1. The molecule has 1 aromatic heterocycles. The number of carbonyl (C=O) groups excluding carboxylic acids is 1. The van der Waals surface area contributed by atoms with E-state index >= 15 is 0 Å². The fourth-order valence-corrected chi connectivity index (χ4v) is 3.61. The van der Waals surface area contributed by atoms with Gasteiger partial charge in [-0.2, -0.15) is 0 Å². The minimum Gasteiger partial charge on any atom is -0.508 e. The number of aromatic hydroxyl groups is 1. The first kappa shape index (κ1) is 21.3. The molecule has 0 aliphatic rings. The molecule has 0 atom stereocenters. The third-order valence-corrected chi connectivity index (χ3v) is 5.09. The van der Waals surface area contributed by atoms with Crippen molar-refractivity contribution in [3.05, 3.63) is 89.2 Å². The van der Waals surface area contributed by atoms with Gasteiger partial charge in [-0.15, -0.1) is 0 Å². The van der Waals surface area contributed by atoms with Crippen LogP contribution < -0.4 is 10.6 Å². The van der Waals surface area contributed by atoms with E-state index in [2.05, 4.69) is 15.6 Å². The van der Waals surface area contributed by atoms with Gasteiger partial charge in [0, 0.05) is 30.2 Å². The Hall–Kier alpha value is -3.94. The summed E-state index contributed by atoms with van der Waals surface area (Å²) in [6.45, 7) is 0.426. The molecular weight excluding hydrogens is 419 g/mol. The molecule has 0 aliphatic carbocycles. The van der Waals surface area contributed by atoms with Gasteiger partial charge in [0.2, 0.25) is 0 Å². The summed E-state index contributed by atoms with van der Waals surface area (Å²) in [4.78, 5) is 15.1. The van der Waals surface area contributed by atoms with Gasteiger partial charge in [-0.25, -0.2) is 18.0 Å². The molecule has 0 saturated heterocycles. The average molecular weight is 439 g/mol. The number of hydrogen-bond acceptors (Lipinski definition) is 2. The number of H-pyrrole nitrogens is 1. The summed E-state index contributed by atoms with van der Waals surface area (Å²) in [6, 6.07) is 13.8. The summed E-state index contributed by atoms with van der Waals surface area (Å²) in [6.07, 6.45) is 0.287. The second kappa shape index (κ2) is 9.05. The number of hydrogen-bond donors (Lipinski definition) is 4. The Morgan fingerprint density at radius 2 is 1.72 bits per heavy atom. The lowest BCUT2D eigenvalue weighted by Gasteiger charge is -2.09. The largest absolute Gasteiger partial charge is 0.508 e. The van der Waals surface area contributed by atoms with Crippen molar-refractivity contribution in [1.29, 1.82) is 0 Å². The highest BCUT2D eigenvalue weighted by atomic mass is 19.1. The van der Waals surface area contributed by atoms with Gasteiger partial charge in [-0.3, -0.25) is 0 Å². The number of urea groups is 1. The molecule has 0 bridgehead atoms. The minimum absolute atomic E-state index is 0.108. The lowest BCUT2D eigenvalue weighted by Crippen LogP contribution is -2.36. The number of halogens is 3. The van der Waals surface area contributed by atoms with E-state index in [0.29, 0.717) is 22.2 Å². The number of amides is 2. The highest BCUT2D eigenvalue weighted by Crippen LogP contribution is 2.32. The molecule has 0 aliphatic heterocycles. The highest BCUT2D eigenvalue weighted by Gasteiger charge is 2.17. The molecule has 0 fully saturated rings. The van der Waals surface area contributed by atoms with Gasteiger partial charge in [0.05, 0.1) is 5.52 Å². The minimum atomic E-state index is -0.730. The zero-order chi connectivity index (χ0) is 22.7. The van der Waals surface area contributed by atoms with Gasteiger partial charge in [0.1, 0.15) is 23.2 Å². The molecular formula is C24H20F3N3O2. The van der Waals surface area contributed by atoms with Crippen LogP contribution >= 0.6 is 0 Å². The van der Waals surface area contributed by atoms with Crippen molar-refractivity contribution < 1.29 is 23.1 Å². The zero-order valence-corrected chi connectivity index (χ0v) is 16.9. The third-order valence-electron chi connectivity index (χ3n) is 5.09. The first-order valence-corrected chi connectivity index (χ1v) is 9.96. The van der Waals surface area contributed by atoms with Crippen molar-refractivity contribution in [2.45, 2.75) is 13.0 Å². The molecule has 8 heteroatoms. The number of carbonyl (C=O) groups is 1. The number of aromatic amines is 1. The number of phenols is 1. The van der Waals surface area contributed by atoms with E-state index in [0.717, 1.165) is 11.6 Å². The molecule has 4 rings (SSSR count). The van der Waals surface area contributed by atoms with Gasteiger partial charge >= 0.3 is 6.03 Å². The Kier molecular flexibility index (Phi) is 6.02. The average Bonchev–Trinajstić information content (AvgIpc) is 3.12. The number of rotatable bonds is 6. The molecule has 0 spiro atoms. The summed E-state index contributed by atoms with van der Waals surface area (Å²) >= 11 is 0. The van der Waals surface area contributed by atoms with Crippen LogP contribution in [0.2, 0.25) is 0 Å². The Bertz CT molecular complexity index is 1270. The zero-order valence-electron chi connectivity index (χ0n) is 16.9. The van der Waals surface area contributed by atoms with Crippen LogP contribution in [0.1, 0.15) is 11.1 Å². The normalized spacial score (nSPS) is 11.0. The number of nitrogens with one attached hydrogen (secondary N) is 3. The Morgan fingerprint density at radius 3 is 2.47 bits per heavy atom. The van der Waals surface area contributed by atoms with Gasteiger partial charge in [-0.05, 0) is 65.6 Å². The van der Waals surface area contributed by atoms with Crippen molar-refractivity contribution in [3.63, 3.8) is 0 Å². The van der Waals surface area contributed by atoms with E-state index in [1.165, 1.54) is 24.3 Å². The summed E-state index contributed by atoms with van der Waals surface area (Å²) in [5.41, 5.74) is 2.64. The molecule has 2 amide bonds. The molecule has 0 saturated carbocycles. The van der Waals surface area contributed by atoms with Gasteiger partial charge in [-0.1, -0.05) is 12.1 Å². The van der Waals surface area contributed by atoms with Crippen molar-refractivity contribution in [2.75, 3.05) is 6.54 Å². The van der Waals surface area contributed by atoms with Crippen LogP contribution in [-0.2, 0) is 13.0 Å². The quantitative estimate of drug-likeness (QED) is 0.341. The Morgan fingerprint density at radius 1 is 0.938 bits per heavy atom. The molecule has 0 unspecified atom stereocenters. The molecule has 1 heterocycles. The maximum atomic E-state index is 14.3. The standard InChI is InChI=1S/C24H20F3N3O2/c25-16-6-4-15(5-7-16)22-19(20-11-17(26)12-21(27)23(20)30-22)8-9-28-24(32)29-13-14-2-1-3-18(31)10-14/h1-7,10-12,30-31H,8-9,13H2,(H2,28,29,32). The monoisotopic (exact) mass is 439 g/mol. The van der Waals surface area contributed by atoms with Crippen molar-refractivity contribution in [1.82, 2.24) is 15.6 Å². The first-order valence-electron chi connectivity index (χ1n) is 9.96. The molecule has 0 radical (unpaired) electrons. The van der Waals surface area contributed by atoms with Crippen LogP contribution in [0.5, 0.6) is 5.75 Å². The van der Waals surface area contributed by atoms with Crippen molar-refractivity contribution in [3.8, 4) is 17.0 Å². The fraction of sp³-hybridized carbons (Fsp3) is 0.125. The van der Waals surface area contributed by atoms with Crippen LogP contribution in [0.15, 0.2) is 60.7 Å². The molecule has 3 aromatic carbocycles. The number of benzene rings is 3. The van der Waals surface area contributed by atoms with E-state index in [9.17, 15) is 23.1 Å². The van der Waals surface area contributed by atoms with Gasteiger partial charge in [0.15, 0.2) is 0 Å². The maximum absolute atomic E-state index is 14.3. The van der Waals surface area contributed by atoms with Crippen LogP contribution in [0, 0.1) is 17.5 Å². The Balaban J connectivity index is 1.50. The fourth-order valence-electron chi connectivity index (χ4n) is 3.61. The predicted octanol–water partition coefficient (Wildman–Crippen LogP) is 5.00. The molecule has 164 valence electrons. The number of aromatic nitrogens is 1. The van der Waals surface area contributed by atoms with Gasteiger partial charge in [0.25, 0.3) is 0 Å². The highest BCUT2D eigenvalue weighted by molar-refractivity contribution is 5.91. The summed E-state index contributed by atoms with van der Waals surface area (Å²) < 4.78 is 41.6. The number of phenolic OH excluding ortho intramolecular Hbond substituents is 1. The van der Waals surface area contributed by atoms with Crippen molar-refractivity contribution >= 4 is 16.9 Å². The Labute approximate surface area is 181 Å². The SMILES string of the molecule is O=C(NCCc1c(-c2ccc(F)cc2)[nH]c2c(F)cc(F)cc12)NCc1cccc(O)c1. The maximum Gasteiger partial charge on any atom is 0.315 e. The second-order valence-electron chi connectivity index (χ2n) is 7.32. The lowest BCUT2D eigenvalue weighted by atomic mass is 10.0. The van der Waals surface area contributed by atoms with E-state index < -0.39 is 23.5 Å². The van der Waals surface area contributed by atoms with Crippen LogP contribution in [0.4, 0.5) is 18.0 Å². The third kappa shape index (κ3) is 4.69. The molecule has 5 nitrogen and oxygen atoms in total. The topological polar surface area (TPSA) is 77.2 Å². The lowest BCUT2D eigenvalue weighted by molar-refractivity contribution is 0.240. The van der Waals surface area contributed by atoms with Crippen LogP contribution in [0.25, 0.3) is 22.2 Å². The molecule has 32 heavy (non-hydrogen) atoms. The van der Waals surface area contributed by atoms with E-state index in [1.54, 1.807) is 30.3 Å². The van der Waals surface area contributed by atoms with E-state index in [-0.39, 0.29) is 30.8 Å². The molecule has 4 aromatic rings. The summed E-state index contributed by atoms with van der Waals surface area (Å²) in [5, 5.41) is 15.2. The van der Waals surface area contributed by atoms with E-state index in [4.69, 9.17) is 0 Å². The second-order valence-corrected chi connectivity index (χ2v) is 7.32. The predicted molar refractivity (Wildman–Crippen MR) is 116 cm³/mol. The molecule has 4 N–H and O–H groups in total.